The third-order valence-corrected chi connectivity index (χ3v) is 4.46. The maximum absolute atomic E-state index is 9.54. The number of likely N-dealkylation sites (N-methyl/N-ethyl adjacent to an activating group) is 1. The minimum Gasteiger partial charge on any atom is -0.508 e. The first-order valence-electron chi connectivity index (χ1n) is 6.80. The van der Waals surface area contributed by atoms with Crippen molar-refractivity contribution in [2.24, 2.45) is 0 Å². The zero-order valence-corrected chi connectivity index (χ0v) is 13.0. The van der Waals surface area contributed by atoms with Gasteiger partial charge in [-0.2, -0.15) is 0 Å². The Bertz CT molecular complexity index is 525. The Hall–Kier alpha value is -1.36. The van der Waals surface area contributed by atoms with Gasteiger partial charge in [-0.3, -0.25) is 0 Å². The van der Waals surface area contributed by atoms with Gasteiger partial charge in [0.15, 0.2) is 0 Å². The molecule has 0 saturated carbocycles. The number of aromatic hydroxyl groups is 1. The maximum atomic E-state index is 9.54. The van der Waals surface area contributed by atoms with Gasteiger partial charge in [0.1, 0.15) is 5.75 Å². The second-order valence-electron chi connectivity index (χ2n) is 5.22. The van der Waals surface area contributed by atoms with E-state index in [2.05, 4.69) is 48.7 Å². The average molecular weight is 290 g/mol. The molecule has 3 nitrogen and oxygen atoms in total. The highest BCUT2D eigenvalue weighted by Gasteiger charge is 2.16. The number of thiophene rings is 1. The number of nitrogens with zero attached hydrogens (tertiary/aromatic N) is 1. The van der Waals surface area contributed by atoms with Crippen LogP contribution >= 0.6 is 11.3 Å². The summed E-state index contributed by atoms with van der Waals surface area (Å²) in [7, 11) is 4.20. The van der Waals surface area contributed by atoms with Crippen molar-refractivity contribution in [3.05, 3.63) is 52.2 Å². The van der Waals surface area contributed by atoms with Crippen molar-refractivity contribution in [3.63, 3.8) is 0 Å². The average Bonchev–Trinajstić information content (AvgIpc) is 2.92. The van der Waals surface area contributed by atoms with Gasteiger partial charge < -0.3 is 15.3 Å². The van der Waals surface area contributed by atoms with Crippen LogP contribution < -0.4 is 5.32 Å². The molecule has 0 radical (unpaired) electrons. The van der Waals surface area contributed by atoms with E-state index in [1.54, 1.807) is 17.4 Å². The number of phenolic OH excluding ortho intramolecular Hbond substituents is 1. The monoisotopic (exact) mass is 290 g/mol. The lowest BCUT2D eigenvalue weighted by atomic mass is 10.1. The summed E-state index contributed by atoms with van der Waals surface area (Å²) >= 11 is 1.79. The molecule has 0 fully saturated rings. The van der Waals surface area contributed by atoms with Gasteiger partial charge in [0.05, 0.1) is 6.04 Å². The molecule has 20 heavy (non-hydrogen) atoms. The van der Waals surface area contributed by atoms with Gasteiger partial charge in [-0.1, -0.05) is 18.2 Å². The number of phenols is 1. The maximum Gasteiger partial charge on any atom is 0.115 e. The summed E-state index contributed by atoms with van der Waals surface area (Å²) < 4.78 is 0. The Morgan fingerprint density at radius 2 is 2.05 bits per heavy atom. The fraction of sp³-hybridized carbons (Fsp3) is 0.375. The predicted octanol–water partition coefficient (Wildman–Crippen LogP) is 3.41. The molecule has 2 N–H and O–H groups in total. The largest absolute Gasteiger partial charge is 0.508 e. The molecule has 2 rings (SSSR count). The van der Waals surface area contributed by atoms with Crippen LogP contribution in [0.5, 0.6) is 5.75 Å². The minimum atomic E-state index is 0.213. The highest BCUT2D eigenvalue weighted by Crippen LogP contribution is 2.24. The Labute approximate surface area is 124 Å². The van der Waals surface area contributed by atoms with Crippen molar-refractivity contribution in [1.29, 1.82) is 0 Å². The van der Waals surface area contributed by atoms with E-state index in [-0.39, 0.29) is 6.04 Å². The van der Waals surface area contributed by atoms with Crippen LogP contribution in [0.3, 0.4) is 0 Å². The van der Waals surface area contributed by atoms with Gasteiger partial charge in [0.2, 0.25) is 0 Å². The van der Waals surface area contributed by atoms with Crippen molar-refractivity contribution in [3.8, 4) is 5.75 Å². The van der Waals surface area contributed by atoms with Crippen LogP contribution in [0.25, 0.3) is 0 Å². The molecule has 4 heteroatoms. The van der Waals surface area contributed by atoms with Crippen LogP contribution in [-0.4, -0.2) is 30.6 Å². The molecular formula is C16H22N2OS. The van der Waals surface area contributed by atoms with Gasteiger partial charge >= 0.3 is 0 Å². The van der Waals surface area contributed by atoms with Crippen LogP contribution in [0.1, 0.15) is 29.4 Å². The van der Waals surface area contributed by atoms with E-state index in [1.807, 2.05) is 18.2 Å². The molecule has 1 aromatic carbocycles. The Kier molecular flexibility index (Phi) is 5.17. The molecule has 1 heterocycles. The van der Waals surface area contributed by atoms with Crippen LogP contribution in [0.15, 0.2) is 41.8 Å². The zero-order chi connectivity index (χ0) is 14.5. The van der Waals surface area contributed by atoms with Gasteiger partial charge in [0, 0.05) is 17.5 Å². The Morgan fingerprint density at radius 3 is 2.65 bits per heavy atom. The molecule has 0 bridgehead atoms. The van der Waals surface area contributed by atoms with Crippen molar-refractivity contribution in [2.75, 3.05) is 20.6 Å². The third-order valence-electron chi connectivity index (χ3n) is 3.48. The molecular weight excluding hydrogens is 268 g/mol. The predicted molar refractivity (Wildman–Crippen MR) is 85.3 cm³/mol. The van der Waals surface area contributed by atoms with Crippen molar-refractivity contribution < 1.29 is 5.11 Å². The smallest absolute Gasteiger partial charge is 0.115 e. The summed E-state index contributed by atoms with van der Waals surface area (Å²) in [5, 5.41) is 15.2. The number of rotatable bonds is 6. The van der Waals surface area contributed by atoms with Crippen LogP contribution in [-0.2, 0) is 0 Å². The quantitative estimate of drug-likeness (QED) is 0.856. The van der Waals surface area contributed by atoms with E-state index in [1.165, 1.54) is 4.88 Å². The lowest BCUT2D eigenvalue weighted by molar-refractivity contribution is 0.285. The van der Waals surface area contributed by atoms with E-state index in [4.69, 9.17) is 0 Å². The molecule has 108 valence electrons. The molecule has 2 aromatic rings. The molecule has 1 aromatic heterocycles. The first-order valence-corrected chi connectivity index (χ1v) is 7.68. The second-order valence-corrected chi connectivity index (χ2v) is 6.20. The Balaban J connectivity index is 1.99. The van der Waals surface area contributed by atoms with E-state index in [0.717, 1.165) is 12.1 Å². The zero-order valence-electron chi connectivity index (χ0n) is 12.2. The minimum absolute atomic E-state index is 0.213. The summed E-state index contributed by atoms with van der Waals surface area (Å²) in [5.41, 5.74) is 1.11. The molecule has 0 spiro atoms. The normalized spacial score (nSPS) is 14.4. The van der Waals surface area contributed by atoms with Gasteiger partial charge in [0.25, 0.3) is 0 Å². The molecule has 0 aliphatic heterocycles. The lowest BCUT2D eigenvalue weighted by Gasteiger charge is -2.25. The fourth-order valence-corrected chi connectivity index (χ4v) is 3.14. The van der Waals surface area contributed by atoms with Gasteiger partial charge in [-0.05, 0) is 50.2 Å². The van der Waals surface area contributed by atoms with Crippen molar-refractivity contribution in [2.45, 2.75) is 19.0 Å². The molecule has 0 aliphatic carbocycles. The van der Waals surface area contributed by atoms with Crippen LogP contribution in [0.4, 0.5) is 0 Å². The van der Waals surface area contributed by atoms with E-state index >= 15 is 0 Å². The SMILES string of the molecule is CC(NCC(c1cccs1)N(C)C)c1cccc(O)c1. The summed E-state index contributed by atoms with van der Waals surface area (Å²) in [5.74, 6) is 0.318. The second kappa shape index (κ2) is 6.88. The van der Waals surface area contributed by atoms with Crippen LogP contribution in [0.2, 0.25) is 0 Å². The summed E-state index contributed by atoms with van der Waals surface area (Å²) in [4.78, 5) is 3.60. The molecule has 2 atom stereocenters. The number of hydrogen-bond acceptors (Lipinski definition) is 4. The summed E-state index contributed by atoms with van der Waals surface area (Å²) in [6.07, 6.45) is 0. The van der Waals surface area contributed by atoms with Crippen molar-refractivity contribution in [1.82, 2.24) is 10.2 Å². The number of hydrogen-bond donors (Lipinski definition) is 2. The number of benzene rings is 1. The fourth-order valence-electron chi connectivity index (χ4n) is 2.22. The molecule has 0 aliphatic rings. The highest BCUT2D eigenvalue weighted by atomic mass is 32.1. The van der Waals surface area contributed by atoms with Gasteiger partial charge in [-0.15, -0.1) is 11.3 Å². The van der Waals surface area contributed by atoms with Crippen molar-refractivity contribution >= 4 is 11.3 Å². The lowest BCUT2D eigenvalue weighted by Crippen LogP contribution is -2.32. The van der Waals surface area contributed by atoms with E-state index in [9.17, 15) is 5.11 Å². The van der Waals surface area contributed by atoms with Crippen LogP contribution in [0, 0.1) is 0 Å². The first-order chi connectivity index (χ1) is 9.58. The first kappa shape index (κ1) is 15.0. The number of nitrogens with one attached hydrogen (secondary N) is 1. The molecule has 0 saturated heterocycles. The van der Waals surface area contributed by atoms with Gasteiger partial charge in [-0.25, -0.2) is 0 Å². The molecule has 2 unspecified atom stereocenters. The summed E-state index contributed by atoms with van der Waals surface area (Å²) in [6, 6.07) is 12.3. The topological polar surface area (TPSA) is 35.5 Å². The van der Waals surface area contributed by atoms with E-state index in [0.29, 0.717) is 11.8 Å². The standard InChI is InChI=1S/C16H22N2OS/c1-12(13-6-4-7-14(19)10-13)17-11-15(18(2)3)16-8-5-9-20-16/h4-10,12,15,17,19H,11H2,1-3H3. The Morgan fingerprint density at radius 1 is 1.25 bits per heavy atom. The summed E-state index contributed by atoms with van der Waals surface area (Å²) in [6.45, 7) is 3.00. The molecule has 0 amide bonds. The third kappa shape index (κ3) is 3.82. The highest BCUT2D eigenvalue weighted by molar-refractivity contribution is 7.10. The van der Waals surface area contributed by atoms with E-state index < -0.39 is 0 Å².